The van der Waals surface area contributed by atoms with Crippen LogP contribution in [0.2, 0.25) is 5.02 Å². The van der Waals surface area contributed by atoms with Crippen LogP contribution < -0.4 is 4.72 Å². The smallest absolute Gasteiger partial charge is 0.303 e. The van der Waals surface area contributed by atoms with E-state index in [1.54, 1.807) is 31.2 Å². The standard InChI is InChI=1S/C14H18ClN3O3S/c1-4-18(10(2)3)22(19,20)17-14-9-13(21-16-14)11-6-5-7-12(15)8-11/h5-10H,4H2,1-3H3,(H,16,17). The zero-order valence-corrected chi connectivity index (χ0v) is 14.1. The second kappa shape index (κ2) is 6.68. The van der Waals surface area contributed by atoms with Crippen LogP contribution in [0.4, 0.5) is 5.82 Å². The van der Waals surface area contributed by atoms with Crippen LogP contribution in [0.5, 0.6) is 0 Å². The minimum absolute atomic E-state index is 0.133. The molecule has 1 aromatic carbocycles. The summed E-state index contributed by atoms with van der Waals surface area (Å²) in [4.78, 5) is 0. The third-order valence-electron chi connectivity index (χ3n) is 3.05. The number of rotatable bonds is 6. The Morgan fingerprint density at radius 3 is 2.68 bits per heavy atom. The number of nitrogens with zero attached hydrogens (tertiary/aromatic N) is 2. The molecule has 120 valence electrons. The Morgan fingerprint density at radius 1 is 1.36 bits per heavy atom. The van der Waals surface area contributed by atoms with Crippen molar-refractivity contribution >= 4 is 27.6 Å². The molecule has 1 aromatic heterocycles. The maximum atomic E-state index is 12.3. The lowest BCUT2D eigenvalue weighted by atomic mass is 10.2. The molecule has 0 fully saturated rings. The van der Waals surface area contributed by atoms with Gasteiger partial charge >= 0.3 is 10.2 Å². The van der Waals surface area contributed by atoms with E-state index in [9.17, 15) is 8.42 Å². The summed E-state index contributed by atoms with van der Waals surface area (Å²) in [5, 5.41) is 4.31. The van der Waals surface area contributed by atoms with Crippen LogP contribution in [-0.4, -0.2) is 30.5 Å². The summed E-state index contributed by atoms with van der Waals surface area (Å²) < 4.78 is 33.5. The van der Waals surface area contributed by atoms with Crippen LogP contribution in [0.15, 0.2) is 34.9 Å². The Morgan fingerprint density at radius 2 is 2.09 bits per heavy atom. The first-order valence-corrected chi connectivity index (χ1v) is 8.67. The van der Waals surface area contributed by atoms with Crippen molar-refractivity contribution in [3.05, 3.63) is 35.4 Å². The number of benzene rings is 1. The van der Waals surface area contributed by atoms with E-state index in [-0.39, 0.29) is 11.9 Å². The van der Waals surface area contributed by atoms with Gasteiger partial charge in [-0.05, 0) is 26.0 Å². The highest BCUT2D eigenvalue weighted by Gasteiger charge is 2.24. The number of hydrogen-bond acceptors (Lipinski definition) is 4. The zero-order valence-electron chi connectivity index (χ0n) is 12.6. The molecule has 0 unspecified atom stereocenters. The fraction of sp³-hybridized carbons (Fsp3) is 0.357. The van der Waals surface area contributed by atoms with Gasteiger partial charge in [0.15, 0.2) is 11.6 Å². The second-order valence-corrected chi connectivity index (χ2v) is 7.05. The van der Waals surface area contributed by atoms with E-state index in [1.165, 1.54) is 10.4 Å². The number of halogens is 1. The van der Waals surface area contributed by atoms with Gasteiger partial charge in [-0.1, -0.05) is 35.8 Å². The zero-order chi connectivity index (χ0) is 16.3. The molecule has 0 aliphatic carbocycles. The van der Waals surface area contributed by atoms with Gasteiger partial charge in [0.05, 0.1) is 0 Å². The Balaban J connectivity index is 2.22. The fourth-order valence-electron chi connectivity index (χ4n) is 2.10. The van der Waals surface area contributed by atoms with Crippen LogP contribution in [0.1, 0.15) is 20.8 Å². The summed E-state index contributed by atoms with van der Waals surface area (Å²) in [5.74, 6) is 0.571. The lowest BCUT2D eigenvalue weighted by Crippen LogP contribution is -2.40. The van der Waals surface area contributed by atoms with Crippen molar-refractivity contribution in [1.29, 1.82) is 0 Å². The molecule has 0 saturated heterocycles. The van der Waals surface area contributed by atoms with Crippen LogP contribution in [-0.2, 0) is 10.2 Å². The SMILES string of the molecule is CCN(C(C)C)S(=O)(=O)Nc1cc(-c2cccc(Cl)c2)on1. The fourth-order valence-corrected chi connectivity index (χ4v) is 3.67. The quantitative estimate of drug-likeness (QED) is 0.872. The molecule has 2 aromatic rings. The normalized spacial score (nSPS) is 12.1. The van der Waals surface area contributed by atoms with E-state index in [4.69, 9.17) is 16.1 Å². The summed E-state index contributed by atoms with van der Waals surface area (Å²) in [6.07, 6.45) is 0. The Kier molecular flexibility index (Phi) is 5.10. The van der Waals surface area contributed by atoms with Gasteiger partial charge in [0.25, 0.3) is 0 Å². The summed E-state index contributed by atoms with van der Waals surface area (Å²) in [6.45, 7) is 5.76. The molecular formula is C14H18ClN3O3S. The van der Waals surface area contributed by atoms with Crippen molar-refractivity contribution in [2.24, 2.45) is 0 Å². The summed E-state index contributed by atoms with van der Waals surface area (Å²) >= 11 is 5.92. The number of hydrogen-bond donors (Lipinski definition) is 1. The Bertz CT molecular complexity index is 743. The summed E-state index contributed by atoms with van der Waals surface area (Å²) in [7, 11) is -3.67. The molecule has 0 amide bonds. The molecule has 0 radical (unpaired) electrons. The molecule has 0 spiro atoms. The van der Waals surface area contributed by atoms with Crippen molar-refractivity contribution in [3.63, 3.8) is 0 Å². The van der Waals surface area contributed by atoms with E-state index < -0.39 is 10.2 Å². The Hall–Kier alpha value is -1.57. The molecule has 2 rings (SSSR count). The predicted molar refractivity (Wildman–Crippen MR) is 87.0 cm³/mol. The first-order valence-electron chi connectivity index (χ1n) is 6.85. The average molecular weight is 344 g/mol. The molecule has 0 bridgehead atoms. The topological polar surface area (TPSA) is 75.4 Å². The van der Waals surface area contributed by atoms with E-state index in [0.29, 0.717) is 17.3 Å². The summed E-state index contributed by atoms with van der Waals surface area (Å²) in [6, 6.07) is 8.41. The van der Waals surface area contributed by atoms with Gasteiger partial charge in [0, 0.05) is 29.2 Å². The van der Waals surface area contributed by atoms with Gasteiger partial charge < -0.3 is 4.52 Å². The van der Waals surface area contributed by atoms with Crippen LogP contribution in [0, 0.1) is 0 Å². The monoisotopic (exact) mass is 343 g/mol. The molecule has 0 atom stereocenters. The Labute approximate surface area is 135 Å². The van der Waals surface area contributed by atoms with Gasteiger partial charge in [-0.3, -0.25) is 4.72 Å². The molecular weight excluding hydrogens is 326 g/mol. The van der Waals surface area contributed by atoms with Gasteiger partial charge in [-0.2, -0.15) is 12.7 Å². The maximum absolute atomic E-state index is 12.3. The first kappa shape index (κ1) is 16.8. The molecule has 0 aliphatic heterocycles. The molecule has 22 heavy (non-hydrogen) atoms. The third-order valence-corrected chi connectivity index (χ3v) is 5.05. The highest BCUT2D eigenvalue weighted by molar-refractivity contribution is 7.90. The number of anilines is 1. The minimum atomic E-state index is -3.67. The van der Waals surface area contributed by atoms with Gasteiger partial charge in [0.2, 0.25) is 0 Å². The van der Waals surface area contributed by atoms with E-state index >= 15 is 0 Å². The number of aromatic nitrogens is 1. The predicted octanol–water partition coefficient (Wildman–Crippen LogP) is 3.38. The maximum Gasteiger partial charge on any atom is 0.303 e. The molecule has 8 heteroatoms. The molecule has 1 N–H and O–H groups in total. The van der Waals surface area contributed by atoms with Gasteiger partial charge in [-0.25, -0.2) is 0 Å². The molecule has 0 aliphatic rings. The summed E-state index contributed by atoms with van der Waals surface area (Å²) in [5.41, 5.74) is 0.724. The molecule has 6 nitrogen and oxygen atoms in total. The van der Waals surface area contributed by atoms with Gasteiger partial charge in [-0.15, -0.1) is 0 Å². The lowest BCUT2D eigenvalue weighted by Gasteiger charge is -2.23. The van der Waals surface area contributed by atoms with Gasteiger partial charge in [0.1, 0.15) is 0 Å². The van der Waals surface area contributed by atoms with Crippen molar-refractivity contribution in [2.75, 3.05) is 11.3 Å². The van der Waals surface area contributed by atoms with E-state index in [0.717, 1.165) is 5.56 Å². The largest absolute Gasteiger partial charge is 0.354 e. The number of nitrogens with one attached hydrogen (secondary N) is 1. The van der Waals surface area contributed by atoms with Crippen LogP contribution >= 0.6 is 11.6 Å². The lowest BCUT2D eigenvalue weighted by molar-refractivity contribution is 0.371. The average Bonchev–Trinajstić information content (AvgIpc) is 2.86. The van der Waals surface area contributed by atoms with Crippen molar-refractivity contribution in [2.45, 2.75) is 26.8 Å². The van der Waals surface area contributed by atoms with Crippen LogP contribution in [0.25, 0.3) is 11.3 Å². The molecule has 1 heterocycles. The highest BCUT2D eigenvalue weighted by atomic mass is 35.5. The van der Waals surface area contributed by atoms with Crippen LogP contribution in [0.3, 0.4) is 0 Å². The van der Waals surface area contributed by atoms with E-state index in [2.05, 4.69) is 9.88 Å². The van der Waals surface area contributed by atoms with Crippen molar-refractivity contribution in [1.82, 2.24) is 9.46 Å². The van der Waals surface area contributed by atoms with Crippen molar-refractivity contribution < 1.29 is 12.9 Å². The minimum Gasteiger partial charge on any atom is -0.354 e. The molecule has 0 saturated carbocycles. The highest BCUT2D eigenvalue weighted by Crippen LogP contribution is 2.25. The first-order chi connectivity index (χ1) is 10.3. The second-order valence-electron chi connectivity index (χ2n) is 4.99. The van der Waals surface area contributed by atoms with E-state index in [1.807, 2.05) is 13.8 Å². The van der Waals surface area contributed by atoms with Crippen molar-refractivity contribution in [3.8, 4) is 11.3 Å². The third kappa shape index (κ3) is 3.79.